The van der Waals surface area contributed by atoms with Crippen LogP contribution in [0.15, 0.2) is 30.6 Å². The van der Waals surface area contributed by atoms with Crippen molar-refractivity contribution >= 4 is 29.0 Å². The van der Waals surface area contributed by atoms with Gasteiger partial charge < -0.3 is 30.7 Å². The molecule has 4 atom stereocenters. The summed E-state index contributed by atoms with van der Waals surface area (Å²) in [5.41, 5.74) is 6.41. The molecule has 38 heavy (non-hydrogen) atoms. The highest BCUT2D eigenvalue weighted by Gasteiger charge is 2.48. The van der Waals surface area contributed by atoms with Gasteiger partial charge in [-0.25, -0.2) is 24.1 Å². The zero-order valence-electron chi connectivity index (χ0n) is 20.1. The number of rotatable bonds is 5. The molecule has 198 valence electrons. The summed E-state index contributed by atoms with van der Waals surface area (Å²) in [6.45, 7) is -0.0466. The molecule has 2 aliphatic rings. The molecule has 1 aliphatic carbocycles. The molecular formula is C24H24FN7O6. The molecule has 1 saturated heterocycles. The van der Waals surface area contributed by atoms with Crippen molar-refractivity contribution < 1.29 is 33.7 Å². The van der Waals surface area contributed by atoms with E-state index >= 15 is 0 Å². The number of hydrogen-bond acceptors (Lipinski definition) is 10. The average molecular weight is 525 g/mol. The number of hydrogen-bond donors (Lipinski definition) is 4. The van der Waals surface area contributed by atoms with Gasteiger partial charge in [0.15, 0.2) is 23.8 Å². The summed E-state index contributed by atoms with van der Waals surface area (Å²) >= 11 is 0. The van der Waals surface area contributed by atoms with Gasteiger partial charge in [0.1, 0.15) is 29.3 Å². The highest BCUT2D eigenvalue weighted by atomic mass is 19.1. The maximum atomic E-state index is 13.0. The Morgan fingerprint density at radius 1 is 1.26 bits per heavy atom. The average Bonchev–Trinajstić information content (AvgIpc) is 3.52. The van der Waals surface area contributed by atoms with Gasteiger partial charge in [0.25, 0.3) is 5.91 Å². The fourth-order valence-electron chi connectivity index (χ4n) is 3.78. The summed E-state index contributed by atoms with van der Waals surface area (Å²) in [7, 11) is 1.47. The maximum absolute atomic E-state index is 13.0. The molecule has 1 saturated carbocycles. The van der Waals surface area contributed by atoms with Gasteiger partial charge in [-0.05, 0) is 43.0 Å². The molecule has 1 aromatic carbocycles. The van der Waals surface area contributed by atoms with Crippen LogP contribution in [0.5, 0.6) is 5.75 Å². The number of nitrogens with one attached hydrogen (secondary N) is 1. The number of anilines is 1. The first-order valence-electron chi connectivity index (χ1n) is 11.7. The Kier molecular flexibility index (Phi) is 6.81. The second-order valence-corrected chi connectivity index (χ2v) is 8.95. The minimum Gasteiger partial charge on any atom is -0.410 e. The van der Waals surface area contributed by atoms with Gasteiger partial charge >= 0.3 is 6.09 Å². The topological polar surface area (TPSA) is 178 Å². The van der Waals surface area contributed by atoms with Crippen LogP contribution in [-0.4, -0.2) is 84.6 Å². The molecular weight excluding hydrogens is 501 g/mol. The van der Waals surface area contributed by atoms with Gasteiger partial charge in [-0.2, -0.15) is 0 Å². The standard InChI is InChI=1S/C24H24FN7O6/c1-31(24(36)37-14-8-4-12(25)5-9-14)10-2-3-15-29-20(26)16-21(30-15)32(11-27-16)23-18(34)17(33)19(38-23)22(35)28-13-6-7-13/h4-5,8-9,11,13,17-19,23,33-34H,6-7,10H2,1H3,(H,28,35)(H2,26,29,30)/t17?,18-,19-,23+/m0/s1. The third-order valence-corrected chi connectivity index (χ3v) is 5.99. The highest BCUT2D eigenvalue weighted by molar-refractivity contribution is 5.83. The SMILES string of the molecule is CN(CC#Cc1nc(N)c2ncn([C@@H]3O[C@H](C(=O)NC4CC4)C(O)[C@@H]3O)c2n1)C(=O)Oc1ccc(F)cc1. The number of aliphatic hydroxyl groups is 2. The zero-order chi connectivity index (χ0) is 27.0. The summed E-state index contributed by atoms with van der Waals surface area (Å²) in [5, 5.41) is 23.8. The van der Waals surface area contributed by atoms with Crippen LogP contribution in [0.2, 0.25) is 0 Å². The van der Waals surface area contributed by atoms with E-state index in [0.717, 1.165) is 12.8 Å². The fraction of sp³-hybridized carbons (Fsp3) is 0.375. The molecule has 0 radical (unpaired) electrons. The van der Waals surface area contributed by atoms with E-state index in [1.165, 1.54) is 47.1 Å². The molecule has 1 unspecified atom stereocenters. The number of carbonyl (C=O) groups is 2. The lowest BCUT2D eigenvalue weighted by Crippen LogP contribution is -2.43. The summed E-state index contributed by atoms with van der Waals surface area (Å²) in [6.07, 6.45) is -2.99. The Morgan fingerprint density at radius 2 is 2.00 bits per heavy atom. The lowest BCUT2D eigenvalue weighted by atomic mass is 10.1. The van der Waals surface area contributed by atoms with Crippen LogP contribution in [0.25, 0.3) is 11.2 Å². The van der Waals surface area contributed by atoms with Gasteiger partial charge in [-0.3, -0.25) is 14.3 Å². The van der Waals surface area contributed by atoms with Gasteiger partial charge in [0, 0.05) is 13.1 Å². The number of aromatic nitrogens is 4. The van der Waals surface area contributed by atoms with E-state index in [2.05, 4.69) is 32.1 Å². The van der Waals surface area contributed by atoms with Crippen molar-refractivity contribution in [1.82, 2.24) is 29.7 Å². The maximum Gasteiger partial charge on any atom is 0.415 e. The Labute approximate surface area is 215 Å². The third-order valence-electron chi connectivity index (χ3n) is 5.99. The molecule has 14 heteroatoms. The summed E-state index contributed by atoms with van der Waals surface area (Å²) in [6, 6.07) is 5.05. The number of nitrogens with zero attached hydrogens (tertiary/aromatic N) is 5. The van der Waals surface area contributed by atoms with E-state index in [0.29, 0.717) is 0 Å². The Morgan fingerprint density at radius 3 is 2.71 bits per heavy atom. The monoisotopic (exact) mass is 525 g/mol. The number of halogens is 1. The first kappa shape index (κ1) is 25.3. The van der Waals surface area contributed by atoms with E-state index in [9.17, 15) is 24.2 Å². The van der Waals surface area contributed by atoms with Crippen LogP contribution >= 0.6 is 0 Å². The number of aliphatic hydroxyl groups excluding tert-OH is 2. The van der Waals surface area contributed by atoms with Gasteiger partial charge in [-0.15, -0.1) is 0 Å². The van der Waals surface area contributed by atoms with Gasteiger partial charge in [0.2, 0.25) is 5.82 Å². The van der Waals surface area contributed by atoms with Crippen LogP contribution in [0.1, 0.15) is 24.9 Å². The van der Waals surface area contributed by atoms with Crippen molar-refractivity contribution in [3.8, 4) is 17.6 Å². The van der Waals surface area contributed by atoms with E-state index in [-0.39, 0.29) is 41.1 Å². The van der Waals surface area contributed by atoms with Crippen molar-refractivity contribution in [1.29, 1.82) is 0 Å². The third kappa shape index (κ3) is 5.21. The minimum atomic E-state index is -1.46. The Bertz CT molecular complexity index is 1430. The summed E-state index contributed by atoms with van der Waals surface area (Å²) in [4.78, 5) is 38.4. The molecule has 1 aliphatic heterocycles. The number of benzene rings is 1. The molecule has 5 rings (SSSR count). The molecule has 0 bridgehead atoms. The Hall–Kier alpha value is -4.32. The van der Waals surface area contributed by atoms with E-state index in [1.54, 1.807) is 0 Å². The molecule has 13 nitrogen and oxygen atoms in total. The molecule has 5 N–H and O–H groups in total. The van der Waals surface area contributed by atoms with E-state index in [1.807, 2.05) is 0 Å². The number of ether oxygens (including phenoxy) is 2. The van der Waals surface area contributed by atoms with E-state index in [4.69, 9.17) is 15.2 Å². The second-order valence-electron chi connectivity index (χ2n) is 8.95. The zero-order valence-corrected chi connectivity index (χ0v) is 20.1. The first-order valence-corrected chi connectivity index (χ1v) is 11.7. The lowest BCUT2D eigenvalue weighted by molar-refractivity contribution is -0.137. The smallest absolute Gasteiger partial charge is 0.410 e. The van der Waals surface area contributed by atoms with Crippen LogP contribution in [-0.2, 0) is 9.53 Å². The first-order chi connectivity index (χ1) is 18.2. The van der Waals surface area contributed by atoms with Crippen LogP contribution in [0.4, 0.5) is 15.0 Å². The number of nitrogens with two attached hydrogens (primary N) is 1. The molecule has 2 amide bonds. The number of imidazole rings is 1. The quantitative estimate of drug-likeness (QED) is 0.330. The molecule has 3 heterocycles. The molecule has 2 aromatic heterocycles. The number of nitrogen functional groups attached to an aromatic ring is 1. The predicted molar refractivity (Wildman–Crippen MR) is 129 cm³/mol. The fourth-order valence-corrected chi connectivity index (χ4v) is 3.78. The van der Waals surface area contributed by atoms with Crippen molar-refractivity contribution in [3.63, 3.8) is 0 Å². The lowest BCUT2D eigenvalue weighted by Gasteiger charge is -2.16. The van der Waals surface area contributed by atoms with Gasteiger partial charge in [0.05, 0.1) is 12.9 Å². The molecule has 3 aromatic rings. The normalized spacial score (nSPS) is 22.5. The van der Waals surface area contributed by atoms with Crippen molar-refractivity contribution in [2.45, 2.75) is 43.4 Å². The largest absolute Gasteiger partial charge is 0.415 e. The van der Waals surface area contributed by atoms with Crippen molar-refractivity contribution in [2.24, 2.45) is 0 Å². The van der Waals surface area contributed by atoms with Crippen LogP contribution < -0.4 is 15.8 Å². The van der Waals surface area contributed by atoms with Gasteiger partial charge in [-0.1, -0.05) is 5.92 Å². The van der Waals surface area contributed by atoms with Crippen molar-refractivity contribution in [3.05, 3.63) is 42.2 Å². The number of carbonyl (C=O) groups excluding carboxylic acids is 2. The summed E-state index contributed by atoms with van der Waals surface area (Å²) < 4.78 is 25.2. The molecule has 2 fully saturated rings. The predicted octanol–water partition coefficient (Wildman–Crippen LogP) is -0.0723. The van der Waals surface area contributed by atoms with Crippen LogP contribution in [0, 0.1) is 17.7 Å². The number of amides is 2. The van der Waals surface area contributed by atoms with Crippen molar-refractivity contribution in [2.75, 3.05) is 19.3 Å². The van der Waals surface area contributed by atoms with Crippen LogP contribution in [0.3, 0.4) is 0 Å². The summed E-state index contributed by atoms with van der Waals surface area (Å²) in [5.74, 6) is 4.69. The second kappa shape index (κ2) is 10.2. The minimum absolute atomic E-state index is 0.00751. The van der Waals surface area contributed by atoms with E-state index < -0.39 is 42.4 Å². The Balaban J connectivity index is 1.30. The number of fused-ring (bicyclic) bond motifs is 1. The highest BCUT2D eigenvalue weighted by Crippen LogP contribution is 2.33. The molecule has 0 spiro atoms.